The smallest absolute Gasteiger partial charge is 0.268 e. The van der Waals surface area contributed by atoms with E-state index in [0.717, 1.165) is 4.31 Å². The summed E-state index contributed by atoms with van der Waals surface area (Å²) < 4.78 is 26.1. The molecule has 4 rings (SSSR count). The molecule has 0 N–H and O–H groups in total. The number of sulfonamides is 1. The summed E-state index contributed by atoms with van der Waals surface area (Å²) in [4.78, 5) is 16.9. The standard InChI is InChI=1S/C17H10Cl2N2O3S2/c18-10-5-6-13(19)12(7-10)14-9-25-16(20-14)8-21-17(22)11-3-1-2-4-15(11)26(21,23)24/h1-7,9H,8H2. The van der Waals surface area contributed by atoms with Crippen molar-refractivity contribution in [3.63, 3.8) is 0 Å². The summed E-state index contributed by atoms with van der Waals surface area (Å²) in [6, 6.07) is 11.2. The Morgan fingerprint density at radius 3 is 2.62 bits per heavy atom. The molecule has 2 heterocycles. The van der Waals surface area contributed by atoms with E-state index in [9.17, 15) is 13.2 Å². The molecule has 26 heavy (non-hydrogen) atoms. The summed E-state index contributed by atoms with van der Waals surface area (Å²) >= 11 is 13.4. The SMILES string of the molecule is O=C1c2ccccc2S(=O)(=O)N1Cc1nc(-c2cc(Cl)ccc2Cl)cs1. The lowest BCUT2D eigenvalue weighted by Crippen LogP contribution is -2.29. The largest absolute Gasteiger partial charge is 0.269 e. The molecule has 0 saturated heterocycles. The molecule has 0 aliphatic carbocycles. The van der Waals surface area contributed by atoms with Gasteiger partial charge in [0, 0.05) is 16.0 Å². The third-order valence-electron chi connectivity index (χ3n) is 3.95. The molecule has 1 aliphatic rings. The number of carbonyl (C=O) groups is 1. The maximum atomic E-state index is 12.6. The second-order valence-electron chi connectivity index (χ2n) is 5.56. The molecule has 1 aliphatic heterocycles. The highest BCUT2D eigenvalue weighted by molar-refractivity contribution is 7.90. The number of fused-ring (bicyclic) bond motifs is 1. The van der Waals surface area contributed by atoms with Crippen LogP contribution in [-0.2, 0) is 16.6 Å². The highest BCUT2D eigenvalue weighted by atomic mass is 35.5. The van der Waals surface area contributed by atoms with Gasteiger partial charge in [-0.3, -0.25) is 4.79 Å². The zero-order valence-corrected chi connectivity index (χ0v) is 16.2. The van der Waals surface area contributed by atoms with Gasteiger partial charge in [-0.25, -0.2) is 17.7 Å². The highest BCUT2D eigenvalue weighted by Crippen LogP contribution is 2.34. The first-order valence-corrected chi connectivity index (χ1v) is 10.5. The topological polar surface area (TPSA) is 67.3 Å². The van der Waals surface area contributed by atoms with Gasteiger partial charge in [0.2, 0.25) is 0 Å². The van der Waals surface area contributed by atoms with Gasteiger partial charge in [-0.15, -0.1) is 11.3 Å². The van der Waals surface area contributed by atoms with E-state index < -0.39 is 15.9 Å². The molecule has 0 fully saturated rings. The van der Waals surface area contributed by atoms with Crippen LogP contribution in [0.15, 0.2) is 52.7 Å². The van der Waals surface area contributed by atoms with Gasteiger partial charge in [-0.05, 0) is 30.3 Å². The van der Waals surface area contributed by atoms with Crippen LogP contribution in [0.25, 0.3) is 11.3 Å². The van der Waals surface area contributed by atoms with Crippen LogP contribution in [-0.4, -0.2) is 23.6 Å². The summed E-state index contributed by atoms with van der Waals surface area (Å²) in [7, 11) is -3.86. The van der Waals surface area contributed by atoms with Crippen LogP contribution in [0.4, 0.5) is 0 Å². The molecule has 3 aromatic rings. The first-order chi connectivity index (χ1) is 12.4. The maximum absolute atomic E-state index is 12.6. The minimum absolute atomic E-state index is 0.0275. The predicted molar refractivity (Wildman–Crippen MR) is 101 cm³/mol. The van der Waals surface area contributed by atoms with Crippen molar-refractivity contribution < 1.29 is 13.2 Å². The lowest BCUT2D eigenvalue weighted by Gasteiger charge is -2.13. The quantitative estimate of drug-likeness (QED) is 0.622. The minimum Gasteiger partial charge on any atom is -0.268 e. The molecular formula is C17H10Cl2N2O3S2. The van der Waals surface area contributed by atoms with Crippen LogP contribution in [0, 0.1) is 0 Å². The fourth-order valence-electron chi connectivity index (χ4n) is 2.71. The van der Waals surface area contributed by atoms with Gasteiger partial charge >= 0.3 is 0 Å². The molecule has 9 heteroatoms. The summed E-state index contributed by atoms with van der Waals surface area (Å²) in [6.45, 7) is -0.126. The van der Waals surface area contributed by atoms with Gasteiger partial charge in [0.15, 0.2) is 0 Å². The molecule has 0 atom stereocenters. The number of carbonyl (C=O) groups excluding carboxylic acids is 1. The Balaban J connectivity index is 1.67. The fraction of sp³-hybridized carbons (Fsp3) is 0.0588. The van der Waals surface area contributed by atoms with Crippen molar-refractivity contribution in [1.29, 1.82) is 0 Å². The summed E-state index contributed by atoms with van der Waals surface area (Å²) in [5, 5.41) is 3.25. The number of thiazole rings is 1. The number of rotatable bonds is 3. The average Bonchev–Trinajstić information content (AvgIpc) is 3.15. The number of aromatic nitrogens is 1. The van der Waals surface area contributed by atoms with Gasteiger partial charge in [0.05, 0.1) is 22.8 Å². The summed E-state index contributed by atoms with van der Waals surface area (Å²) in [5.41, 5.74) is 1.42. The van der Waals surface area contributed by atoms with Gasteiger partial charge in [0.25, 0.3) is 15.9 Å². The molecule has 132 valence electrons. The number of hydrogen-bond donors (Lipinski definition) is 0. The van der Waals surface area contributed by atoms with Crippen molar-refractivity contribution in [2.24, 2.45) is 0 Å². The van der Waals surface area contributed by atoms with Gasteiger partial charge in [0.1, 0.15) is 9.90 Å². The van der Waals surface area contributed by atoms with E-state index in [1.165, 1.54) is 23.5 Å². The van der Waals surface area contributed by atoms with E-state index in [0.29, 0.717) is 26.3 Å². The van der Waals surface area contributed by atoms with Crippen molar-refractivity contribution in [3.05, 3.63) is 68.5 Å². The molecule has 0 bridgehead atoms. The monoisotopic (exact) mass is 424 g/mol. The maximum Gasteiger partial charge on any atom is 0.269 e. The zero-order valence-electron chi connectivity index (χ0n) is 13.0. The van der Waals surface area contributed by atoms with Gasteiger partial charge in [-0.2, -0.15) is 0 Å². The lowest BCUT2D eigenvalue weighted by molar-refractivity contribution is 0.0865. The number of amides is 1. The Kier molecular flexibility index (Phi) is 4.27. The summed E-state index contributed by atoms with van der Waals surface area (Å²) in [6.07, 6.45) is 0. The van der Waals surface area contributed by atoms with Crippen LogP contribution in [0.1, 0.15) is 15.4 Å². The second-order valence-corrected chi connectivity index (χ2v) is 9.18. The van der Waals surface area contributed by atoms with E-state index in [2.05, 4.69) is 4.98 Å². The van der Waals surface area contributed by atoms with Crippen molar-refractivity contribution in [3.8, 4) is 11.3 Å². The first kappa shape index (κ1) is 17.5. The minimum atomic E-state index is -3.86. The fourth-order valence-corrected chi connectivity index (χ4v) is 5.49. The van der Waals surface area contributed by atoms with E-state index in [1.54, 1.807) is 35.7 Å². The molecule has 0 radical (unpaired) electrons. The number of benzene rings is 2. The molecule has 5 nitrogen and oxygen atoms in total. The molecule has 1 aromatic heterocycles. The first-order valence-electron chi connectivity index (χ1n) is 7.44. The van der Waals surface area contributed by atoms with Crippen molar-refractivity contribution in [2.75, 3.05) is 0 Å². The predicted octanol–water partition coefficient (Wildman–Crippen LogP) is 4.46. The van der Waals surface area contributed by atoms with Crippen LogP contribution in [0.5, 0.6) is 0 Å². The second kappa shape index (κ2) is 6.35. The number of hydrogen-bond acceptors (Lipinski definition) is 5. The Labute approximate surface area is 163 Å². The van der Waals surface area contributed by atoms with Crippen molar-refractivity contribution in [2.45, 2.75) is 11.4 Å². The lowest BCUT2D eigenvalue weighted by atomic mass is 10.2. The van der Waals surface area contributed by atoms with E-state index >= 15 is 0 Å². The van der Waals surface area contributed by atoms with E-state index in [4.69, 9.17) is 23.2 Å². The Morgan fingerprint density at radius 1 is 1.08 bits per heavy atom. The van der Waals surface area contributed by atoms with Crippen LogP contribution >= 0.6 is 34.5 Å². The third-order valence-corrected chi connectivity index (χ3v) is 7.13. The van der Waals surface area contributed by atoms with E-state index in [-0.39, 0.29) is 17.0 Å². The Hall–Kier alpha value is -1.93. The molecular weight excluding hydrogens is 415 g/mol. The highest BCUT2D eigenvalue weighted by Gasteiger charge is 2.41. The third kappa shape index (κ3) is 2.81. The van der Waals surface area contributed by atoms with Crippen molar-refractivity contribution in [1.82, 2.24) is 9.29 Å². The molecule has 0 saturated carbocycles. The Morgan fingerprint density at radius 2 is 1.85 bits per heavy atom. The summed E-state index contributed by atoms with van der Waals surface area (Å²) in [5.74, 6) is -0.543. The average molecular weight is 425 g/mol. The molecule has 0 spiro atoms. The molecule has 1 amide bonds. The van der Waals surface area contributed by atoms with E-state index in [1.807, 2.05) is 0 Å². The van der Waals surface area contributed by atoms with Crippen molar-refractivity contribution >= 4 is 50.5 Å². The zero-order chi connectivity index (χ0) is 18.5. The number of halogens is 2. The van der Waals surface area contributed by atoms with Crippen LogP contribution < -0.4 is 0 Å². The molecule has 2 aromatic carbocycles. The number of nitrogens with zero attached hydrogens (tertiary/aromatic N) is 2. The van der Waals surface area contributed by atoms with Crippen LogP contribution in [0.3, 0.4) is 0 Å². The van der Waals surface area contributed by atoms with Crippen LogP contribution in [0.2, 0.25) is 10.0 Å². The Bertz CT molecular complexity index is 1140. The van der Waals surface area contributed by atoms with Gasteiger partial charge < -0.3 is 0 Å². The molecule has 0 unspecified atom stereocenters. The van der Waals surface area contributed by atoms with Gasteiger partial charge in [-0.1, -0.05) is 35.3 Å². The normalized spacial score (nSPS) is 15.3.